The van der Waals surface area contributed by atoms with Crippen LogP contribution in [0.25, 0.3) is 0 Å². The molecule has 3 nitrogen and oxygen atoms in total. The maximum atomic E-state index is 11.3. The minimum absolute atomic E-state index is 0.275. The Morgan fingerprint density at radius 3 is 2.76 bits per heavy atom. The van der Waals surface area contributed by atoms with Crippen LogP contribution in [0, 0.1) is 23.7 Å². The molecule has 2 atom stereocenters. The van der Waals surface area contributed by atoms with E-state index < -0.39 is 11.9 Å². The van der Waals surface area contributed by atoms with Crippen molar-refractivity contribution in [1.82, 2.24) is 0 Å². The highest BCUT2D eigenvalue weighted by atomic mass is 16.5. The predicted molar refractivity (Wildman–Crippen MR) is 65.0 cm³/mol. The number of esters is 1. The fraction of sp³-hybridized carbons (Fsp3) is 0.429. The van der Waals surface area contributed by atoms with Gasteiger partial charge in [-0.3, -0.25) is 9.59 Å². The number of ketones is 1. The second-order valence-corrected chi connectivity index (χ2v) is 3.90. The summed E-state index contributed by atoms with van der Waals surface area (Å²) in [5.41, 5.74) is 0. The van der Waals surface area contributed by atoms with Crippen LogP contribution in [0.3, 0.4) is 0 Å². The molecule has 3 heteroatoms. The number of ether oxygens (including phenoxy) is 1. The molecule has 0 aliphatic heterocycles. The van der Waals surface area contributed by atoms with Gasteiger partial charge in [0.15, 0.2) is 11.7 Å². The number of Topliss-reactive ketones (excluding diaryl/α,β-unsaturated/α-hetero) is 1. The van der Waals surface area contributed by atoms with Gasteiger partial charge in [0.05, 0.1) is 7.11 Å². The van der Waals surface area contributed by atoms with E-state index in [4.69, 9.17) is 0 Å². The van der Waals surface area contributed by atoms with Gasteiger partial charge in [-0.15, -0.1) is 5.92 Å². The lowest BCUT2D eigenvalue weighted by Gasteiger charge is -2.08. The molecule has 1 aliphatic rings. The van der Waals surface area contributed by atoms with Crippen molar-refractivity contribution in [1.29, 1.82) is 0 Å². The molecule has 17 heavy (non-hydrogen) atoms. The molecule has 90 valence electrons. The zero-order valence-electron chi connectivity index (χ0n) is 10.1. The van der Waals surface area contributed by atoms with Crippen LogP contribution in [-0.4, -0.2) is 18.9 Å². The van der Waals surface area contributed by atoms with Crippen molar-refractivity contribution in [2.75, 3.05) is 7.11 Å². The summed E-state index contributed by atoms with van der Waals surface area (Å²) in [7, 11) is 1.26. The minimum atomic E-state index is -0.942. The van der Waals surface area contributed by atoms with E-state index in [0.29, 0.717) is 12.3 Å². The van der Waals surface area contributed by atoms with Crippen molar-refractivity contribution in [3.8, 4) is 11.8 Å². The molecule has 1 aliphatic carbocycles. The average Bonchev–Trinajstić information content (AvgIpc) is 2.34. The second-order valence-electron chi connectivity index (χ2n) is 3.90. The topological polar surface area (TPSA) is 43.4 Å². The van der Waals surface area contributed by atoms with E-state index >= 15 is 0 Å². The van der Waals surface area contributed by atoms with Crippen molar-refractivity contribution in [3.63, 3.8) is 0 Å². The van der Waals surface area contributed by atoms with Gasteiger partial charge in [-0.05, 0) is 19.3 Å². The molecule has 0 saturated heterocycles. The smallest absolute Gasteiger partial charge is 0.328 e. The summed E-state index contributed by atoms with van der Waals surface area (Å²) in [6.07, 6.45) is 9.75. The Bertz CT molecular complexity index is 407. The molecule has 0 bridgehead atoms. The van der Waals surface area contributed by atoms with E-state index in [2.05, 4.69) is 28.7 Å². The molecule has 0 N–H and O–H groups in total. The van der Waals surface area contributed by atoms with Gasteiger partial charge in [-0.25, -0.2) is 0 Å². The number of carbonyl (C=O) groups is 2. The number of methoxy groups -OCH3 is 1. The summed E-state index contributed by atoms with van der Waals surface area (Å²) < 4.78 is 4.53. The molecule has 0 heterocycles. The summed E-state index contributed by atoms with van der Waals surface area (Å²) in [5, 5.41) is 0. The van der Waals surface area contributed by atoms with Crippen LogP contribution in [0.15, 0.2) is 24.3 Å². The Kier molecular flexibility index (Phi) is 5.22. The summed E-state index contributed by atoms with van der Waals surface area (Å²) in [6, 6.07) is 0. The van der Waals surface area contributed by atoms with Crippen molar-refractivity contribution in [2.24, 2.45) is 11.8 Å². The molecule has 0 aromatic carbocycles. The van der Waals surface area contributed by atoms with Gasteiger partial charge >= 0.3 is 5.97 Å². The molecule has 0 saturated carbocycles. The van der Waals surface area contributed by atoms with Crippen LogP contribution in [0.1, 0.15) is 19.8 Å². The largest absolute Gasteiger partial charge is 0.468 e. The lowest BCUT2D eigenvalue weighted by atomic mass is 9.97. The van der Waals surface area contributed by atoms with Crippen LogP contribution in [0.4, 0.5) is 0 Å². The van der Waals surface area contributed by atoms with Crippen LogP contribution in [0.2, 0.25) is 0 Å². The summed E-state index contributed by atoms with van der Waals surface area (Å²) in [5.74, 6) is 4.16. The van der Waals surface area contributed by atoms with E-state index in [9.17, 15) is 9.59 Å². The number of carbonyl (C=O) groups excluding carboxylic acids is 2. The van der Waals surface area contributed by atoms with Crippen molar-refractivity contribution >= 4 is 11.8 Å². The van der Waals surface area contributed by atoms with Gasteiger partial charge in [0, 0.05) is 6.42 Å². The Labute approximate surface area is 102 Å². The van der Waals surface area contributed by atoms with E-state index in [0.717, 1.165) is 6.42 Å². The lowest BCUT2D eigenvalue weighted by Crippen LogP contribution is -2.21. The minimum Gasteiger partial charge on any atom is -0.468 e. The van der Waals surface area contributed by atoms with Gasteiger partial charge in [-0.1, -0.05) is 30.2 Å². The first-order valence-electron chi connectivity index (χ1n) is 5.55. The molecular formula is C14H16O3. The Morgan fingerprint density at radius 2 is 2.24 bits per heavy atom. The number of rotatable bonds is 3. The normalized spacial score (nSPS) is 19.1. The van der Waals surface area contributed by atoms with Gasteiger partial charge in [0.2, 0.25) is 0 Å². The third-order valence-corrected chi connectivity index (χ3v) is 2.52. The standard InChI is InChI=1S/C14H16O3/c1-11(15)13(14(16)17-2)10-6-9-12-7-4-3-5-8-12/h3-5,7,12-13H,8-9H2,1-2H3. The van der Waals surface area contributed by atoms with Crippen molar-refractivity contribution < 1.29 is 14.3 Å². The third-order valence-electron chi connectivity index (χ3n) is 2.52. The maximum absolute atomic E-state index is 11.3. The highest BCUT2D eigenvalue weighted by Crippen LogP contribution is 2.14. The van der Waals surface area contributed by atoms with E-state index in [1.54, 1.807) is 0 Å². The van der Waals surface area contributed by atoms with Crippen molar-refractivity contribution in [2.45, 2.75) is 19.8 Å². The van der Waals surface area contributed by atoms with Gasteiger partial charge in [0.1, 0.15) is 0 Å². The first-order valence-corrected chi connectivity index (χ1v) is 5.55. The Morgan fingerprint density at radius 1 is 1.47 bits per heavy atom. The molecular weight excluding hydrogens is 216 g/mol. The molecule has 1 rings (SSSR count). The van der Waals surface area contributed by atoms with Gasteiger partial charge in [-0.2, -0.15) is 0 Å². The second kappa shape index (κ2) is 6.70. The van der Waals surface area contributed by atoms with Gasteiger partial charge in [0.25, 0.3) is 0 Å². The van der Waals surface area contributed by atoms with Crippen LogP contribution in [0.5, 0.6) is 0 Å². The molecule has 0 aromatic heterocycles. The van der Waals surface area contributed by atoms with Crippen LogP contribution < -0.4 is 0 Å². The number of hydrogen-bond donors (Lipinski definition) is 0. The fourth-order valence-electron chi connectivity index (χ4n) is 1.52. The average molecular weight is 232 g/mol. The van der Waals surface area contributed by atoms with Crippen LogP contribution >= 0.6 is 0 Å². The molecule has 0 radical (unpaired) electrons. The monoisotopic (exact) mass is 232 g/mol. The van der Waals surface area contributed by atoms with Gasteiger partial charge < -0.3 is 4.74 Å². The van der Waals surface area contributed by atoms with E-state index in [1.807, 2.05) is 12.2 Å². The number of allylic oxidation sites excluding steroid dienone is 4. The fourth-order valence-corrected chi connectivity index (χ4v) is 1.52. The highest BCUT2D eigenvalue weighted by Gasteiger charge is 2.21. The summed E-state index contributed by atoms with van der Waals surface area (Å²) in [4.78, 5) is 22.5. The summed E-state index contributed by atoms with van der Waals surface area (Å²) >= 11 is 0. The quantitative estimate of drug-likeness (QED) is 0.424. The first kappa shape index (κ1) is 13.2. The number of hydrogen-bond acceptors (Lipinski definition) is 3. The molecule has 0 aromatic rings. The molecule has 0 amide bonds. The lowest BCUT2D eigenvalue weighted by molar-refractivity contribution is -0.146. The molecule has 0 spiro atoms. The zero-order valence-corrected chi connectivity index (χ0v) is 10.1. The Balaban J connectivity index is 2.56. The third kappa shape index (κ3) is 4.28. The molecule has 0 fully saturated rings. The van der Waals surface area contributed by atoms with Crippen molar-refractivity contribution in [3.05, 3.63) is 24.3 Å². The predicted octanol–water partition coefficient (Wildman–Crippen LogP) is 1.89. The first-order chi connectivity index (χ1) is 8.15. The summed E-state index contributed by atoms with van der Waals surface area (Å²) in [6.45, 7) is 1.35. The SMILES string of the molecule is COC(=O)C(C#CCC1C=CC=CC1)C(C)=O. The van der Waals surface area contributed by atoms with E-state index in [-0.39, 0.29) is 5.78 Å². The highest BCUT2D eigenvalue weighted by molar-refractivity contribution is 6.00. The molecule has 2 unspecified atom stereocenters. The van der Waals surface area contributed by atoms with E-state index in [1.165, 1.54) is 14.0 Å². The Hall–Kier alpha value is -1.82. The maximum Gasteiger partial charge on any atom is 0.328 e. The van der Waals surface area contributed by atoms with Crippen LogP contribution in [-0.2, 0) is 14.3 Å². The zero-order chi connectivity index (χ0) is 12.7.